The molecule has 0 spiro atoms. The van der Waals surface area contributed by atoms with E-state index in [2.05, 4.69) is 0 Å². The summed E-state index contributed by atoms with van der Waals surface area (Å²) in [6, 6.07) is -1.50. The van der Waals surface area contributed by atoms with Gasteiger partial charge in [0.15, 0.2) is 5.96 Å². The number of carboxylic acids is 2. The van der Waals surface area contributed by atoms with Gasteiger partial charge >= 0.3 is 11.9 Å². The molecule has 96 valence electrons. The summed E-state index contributed by atoms with van der Waals surface area (Å²) in [7, 11) is 1.37. The maximum Gasteiger partial charge on any atom is 0.326 e. The van der Waals surface area contributed by atoms with Crippen LogP contribution >= 0.6 is 0 Å². The average molecular weight is 246 g/mol. The first-order chi connectivity index (χ1) is 7.73. The normalized spacial score (nSPS) is 11.4. The highest BCUT2D eigenvalue weighted by molar-refractivity contribution is 5.89. The molecular weight excluding hydrogens is 232 g/mol. The van der Waals surface area contributed by atoms with E-state index in [4.69, 9.17) is 21.4 Å². The highest BCUT2D eigenvalue weighted by Gasteiger charge is 2.23. The van der Waals surface area contributed by atoms with Crippen LogP contribution in [0.2, 0.25) is 0 Å². The van der Waals surface area contributed by atoms with Gasteiger partial charge in [0.2, 0.25) is 5.91 Å². The van der Waals surface area contributed by atoms with Crippen LogP contribution in [0.15, 0.2) is 0 Å². The predicted molar refractivity (Wildman–Crippen MR) is 56.4 cm³/mol. The fraction of sp³-hybridized carbons (Fsp3) is 0.500. The van der Waals surface area contributed by atoms with Gasteiger partial charge in [0.25, 0.3) is 0 Å². The van der Waals surface area contributed by atoms with Crippen molar-refractivity contribution in [1.82, 2.24) is 10.2 Å². The number of guanidine groups is 1. The zero-order valence-electron chi connectivity index (χ0n) is 9.14. The minimum Gasteiger partial charge on any atom is -0.481 e. The maximum atomic E-state index is 11.3. The molecule has 0 unspecified atom stereocenters. The minimum absolute atomic E-state index is 0.321. The van der Waals surface area contributed by atoms with Crippen molar-refractivity contribution in [3.63, 3.8) is 0 Å². The van der Waals surface area contributed by atoms with E-state index in [0.717, 1.165) is 4.90 Å². The first-order valence-corrected chi connectivity index (χ1v) is 4.53. The Hall–Kier alpha value is -2.32. The lowest BCUT2D eigenvalue weighted by molar-refractivity contribution is -0.147. The number of aliphatic carboxylic acids is 2. The third kappa shape index (κ3) is 5.97. The molecule has 0 aliphatic rings. The number of nitrogens with two attached hydrogens (primary N) is 1. The van der Waals surface area contributed by atoms with Gasteiger partial charge in [-0.15, -0.1) is 0 Å². The minimum atomic E-state index is -1.50. The standard InChI is InChI=1S/C8H14N4O5/c1-12(8(9)10)3-5(13)11-4(7(16)17)2-6(14)15/h4H,2-3H2,1H3,(H3,9,10)(H,11,13)(H,14,15)(H,16,17)/t4-/m0/s1. The highest BCUT2D eigenvalue weighted by atomic mass is 16.4. The van der Waals surface area contributed by atoms with Crippen molar-refractivity contribution in [2.75, 3.05) is 13.6 Å². The molecule has 0 aromatic carbocycles. The zero-order chi connectivity index (χ0) is 13.6. The predicted octanol–water partition coefficient (Wildman–Crippen LogP) is -2.14. The molecule has 0 radical (unpaired) electrons. The topological polar surface area (TPSA) is 157 Å². The summed E-state index contributed by atoms with van der Waals surface area (Å²) in [6.45, 7) is -0.321. The molecule has 0 aromatic heterocycles. The van der Waals surface area contributed by atoms with E-state index in [-0.39, 0.29) is 12.5 Å². The van der Waals surface area contributed by atoms with Crippen LogP contribution in [0.4, 0.5) is 0 Å². The third-order valence-electron chi connectivity index (χ3n) is 1.80. The number of hydrogen-bond acceptors (Lipinski definition) is 4. The van der Waals surface area contributed by atoms with Crippen LogP contribution in [0.5, 0.6) is 0 Å². The number of amides is 1. The fourth-order valence-corrected chi connectivity index (χ4v) is 0.915. The van der Waals surface area contributed by atoms with Gasteiger partial charge in [-0.2, -0.15) is 0 Å². The number of carbonyl (C=O) groups is 3. The summed E-state index contributed by atoms with van der Waals surface area (Å²) in [5.41, 5.74) is 5.07. The lowest BCUT2D eigenvalue weighted by Crippen LogP contribution is -2.47. The van der Waals surface area contributed by atoms with E-state index >= 15 is 0 Å². The average Bonchev–Trinajstić information content (AvgIpc) is 2.15. The van der Waals surface area contributed by atoms with Gasteiger partial charge < -0.3 is 26.2 Å². The lowest BCUT2D eigenvalue weighted by atomic mass is 10.2. The van der Waals surface area contributed by atoms with E-state index in [1.807, 2.05) is 5.32 Å². The molecule has 1 atom stereocenters. The van der Waals surface area contributed by atoms with Gasteiger partial charge in [-0.1, -0.05) is 0 Å². The number of carboxylic acid groups (broad SMARTS) is 2. The van der Waals surface area contributed by atoms with Gasteiger partial charge in [0.05, 0.1) is 13.0 Å². The van der Waals surface area contributed by atoms with Gasteiger partial charge in [-0.25, -0.2) is 4.79 Å². The summed E-state index contributed by atoms with van der Waals surface area (Å²) in [5.74, 6) is -3.86. The quantitative estimate of drug-likeness (QED) is 0.264. The molecule has 0 heterocycles. The Morgan fingerprint density at radius 1 is 1.41 bits per heavy atom. The molecule has 0 aromatic rings. The second-order valence-corrected chi connectivity index (χ2v) is 3.30. The maximum absolute atomic E-state index is 11.3. The van der Waals surface area contributed by atoms with Gasteiger partial charge in [-0.05, 0) is 0 Å². The molecule has 0 aliphatic heterocycles. The van der Waals surface area contributed by atoms with Crippen molar-refractivity contribution in [2.24, 2.45) is 5.73 Å². The van der Waals surface area contributed by atoms with E-state index in [9.17, 15) is 14.4 Å². The molecule has 0 saturated heterocycles. The SMILES string of the molecule is CN(CC(=O)N[C@@H](CC(=O)O)C(=O)O)C(=N)N. The number of hydrogen-bond donors (Lipinski definition) is 5. The number of carbonyl (C=O) groups excluding carboxylic acids is 1. The second kappa shape index (κ2) is 6.30. The Morgan fingerprint density at radius 2 is 1.94 bits per heavy atom. The molecule has 0 saturated carbocycles. The Bertz CT molecular complexity index is 343. The first kappa shape index (κ1) is 14.7. The second-order valence-electron chi connectivity index (χ2n) is 3.30. The van der Waals surface area contributed by atoms with Crippen LogP contribution in [0, 0.1) is 5.41 Å². The molecule has 1 amide bonds. The summed E-state index contributed by atoms with van der Waals surface area (Å²) in [4.78, 5) is 33.3. The van der Waals surface area contributed by atoms with Crippen molar-refractivity contribution in [3.8, 4) is 0 Å². The summed E-state index contributed by atoms with van der Waals surface area (Å²) < 4.78 is 0. The summed E-state index contributed by atoms with van der Waals surface area (Å²) in [5, 5.41) is 26.1. The van der Waals surface area contributed by atoms with Crippen LogP contribution in [0.3, 0.4) is 0 Å². The van der Waals surface area contributed by atoms with Crippen LogP contribution in [0.25, 0.3) is 0 Å². The van der Waals surface area contributed by atoms with Gasteiger partial charge in [0, 0.05) is 7.05 Å². The molecule has 9 heteroatoms. The molecule has 6 N–H and O–H groups in total. The van der Waals surface area contributed by atoms with Crippen LogP contribution in [-0.2, 0) is 14.4 Å². The Balaban J connectivity index is 4.36. The van der Waals surface area contributed by atoms with Gasteiger partial charge in [-0.3, -0.25) is 15.0 Å². The van der Waals surface area contributed by atoms with Crippen LogP contribution < -0.4 is 11.1 Å². The Labute approximate surface area is 96.7 Å². The van der Waals surface area contributed by atoms with E-state index < -0.39 is 30.3 Å². The summed E-state index contributed by atoms with van der Waals surface area (Å²) in [6.07, 6.45) is -0.717. The first-order valence-electron chi connectivity index (χ1n) is 4.53. The molecule has 0 aliphatic carbocycles. The number of nitrogens with one attached hydrogen (secondary N) is 2. The number of likely N-dealkylation sites (N-methyl/N-ethyl adjacent to an activating group) is 1. The zero-order valence-corrected chi connectivity index (χ0v) is 9.14. The van der Waals surface area contributed by atoms with Crippen molar-refractivity contribution in [3.05, 3.63) is 0 Å². The van der Waals surface area contributed by atoms with Crippen molar-refractivity contribution in [1.29, 1.82) is 5.41 Å². The smallest absolute Gasteiger partial charge is 0.326 e. The van der Waals surface area contributed by atoms with Crippen molar-refractivity contribution in [2.45, 2.75) is 12.5 Å². The fourth-order valence-electron chi connectivity index (χ4n) is 0.915. The van der Waals surface area contributed by atoms with Crippen molar-refractivity contribution >= 4 is 23.8 Å². The van der Waals surface area contributed by atoms with Crippen LogP contribution in [-0.4, -0.2) is 58.6 Å². The monoisotopic (exact) mass is 246 g/mol. The highest BCUT2D eigenvalue weighted by Crippen LogP contribution is 1.93. The van der Waals surface area contributed by atoms with E-state index in [1.54, 1.807) is 0 Å². The van der Waals surface area contributed by atoms with Crippen LogP contribution in [0.1, 0.15) is 6.42 Å². The number of nitrogens with zero attached hydrogens (tertiary/aromatic N) is 1. The van der Waals surface area contributed by atoms with E-state index in [1.165, 1.54) is 7.05 Å². The molecule has 0 fully saturated rings. The molecule has 0 rings (SSSR count). The third-order valence-corrected chi connectivity index (χ3v) is 1.80. The molecule has 0 bridgehead atoms. The largest absolute Gasteiger partial charge is 0.481 e. The van der Waals surface area contributed by atoms with Gasteiger partial charge in [0.1, 0.15) is 6.04 Å². The molecule has 17 heavy (non-hydrogen) atoms. The molecular formula is C8H14N4O5. The number of rotatable bonds is 6. The molecule has 9 nitrogen and oxygen atoms in total. The summed E-state index contributed by atoms with van der Waals surface area (Å²) >= 11 is 0. The lowest BCUT2D eigenvalue weighted by Gasteiger charge is -2.18. The Kier molecular flexibility index (Phi) is 5.44. The van der Waals surface area contributed by atoms with E-state index in [0.29, 0.717) is 0 Å². The van der Waals surface area contributed by atoms with Crippen molar-refractivity contribution < 1.29 is 24.6 Å². The Morgan fingerprint density at radius 3 is 2.29 bits per heavy atom.